The molecule has 10 aromatic rings. The molecule has 0 atom stereocenters. The summed E-state index contributed by atoms with van der Waals surface area (Å²) in [5.74, 6) is 2.39. The Bertz CT molecular complexity index is 3740. The second kappa shape index (κ2) is 20.4. The number of hydrogen-bond donors (Lipinski definition) is 8. The largest absolute Gasteiger partial charge is 0.355 e. The van der Waals surface area contributed by atoms with Crippen LogP contribution >= 0.6 is 0 Å². The Kier molecular flexibility index (Phi) is 12.6. The van der Waals surface area contributed by atoms with Crippen molar-refractivity contribution in [3.63, 3.8) is 0 Å². The molecule has 362 valence electrons. The molecule has 10 N–H and O–H groups in total. The molecule has 0 spiro atoms. The van der Waals surface area contributed by atoms with Crippen LogP contribution in [-0.2, 0) is 0 Å². The molecule has 0 saturated carbocycles. The van der Waals surface area contributed by atoms with Gasteiger partial charge in [-0.2, -0.15) is 0 Å². The van der Waals surface area contributed by atoms with Crippen molar-refractivity contribution in [2.45, 2.75) is 0 Å². The van der Waals surface area contributed by atoms with E-state index in [2.05, 4.69) is 70.9 Å². The van der Waals surface area contributed by atoms with Crippen LogP contribution in [0.2, 0.25) is 0 Å². The molecule has 0 aliphatic carbocycles. The first-order valence-corrected chi connectivity index (χ1v) is 24.6. The number of nitrogens with two attached hydrogens (primary N) is 2. The predicted molar refractivity (Wildman–Crippen MR) is 299 cm³/mol. The van der Waals surface area contributed by atoms with E-state index in [-0.39, 0.29) is 0 Å². The van der Waals surface area contributed by atoms with E-state index in [9.17, 15) is 0 Å². The van der Waals surface area contributed by atoms with Gasteiger partial charge in [-0.05, 0) is 72.8 Å². The van der Waals surface area contributed by atoms with Crippen LogP contribution in [0, 0.1) is 0 Å². The van der Waals surface area contributed by atoms with E-state index in [0.29, 0.717) is 59.0 Å². The fourth-order valence-corrected chi connectivity index (χ4v) is 9.17. The number of rotatable bonds is 7. The molecule has 0 unspecified atom stereocenters. The molecule has 4 aromatic carbocycles. The van der Waals surface area contributed by atoms with Gasteiger partial charge in [-0.15, -0.1) is 0 Å². The van der Waals surface area contributed by atoms with Gasteiger partial charge in [0.1, 0.15) is 22.6 Å². The lowest BCUT2D eigenvalue weighted by Gasteiger charge is -2.03. The van der Waals surface area contributed by atoms with Crippen LogP contribution < -0.4 is 22.1 Å². The summed E-state index contributed by atoms with van der Waals surface area (Å²) in [6.07, 6.45) is 8.05. The van der Waals surface area contributed by atoms with Gasteiger partial charge >= 0.3 is 0 Å². The average Bonchev–Trinajstić information content (AvgIpc) is 4.32. The molecular weight excluding hydrogens is 921 g/mol. The Morgan fingerprint density at radius 3 is 0.959 bits per heavy atom. The van der Waals surface area contributed by atoms with Gasteiger partial charge in [-0.3, -0.25) is 0 Å². The van der Waals surface area contributed by atoms with E-state index >= 15 is 0 Å². The Hall–Kier alpha value is -9.32. The summed E-state index contributed by atoms with van der Waals surface area (Å²) in [6, 6.07) is 48.6. The number of H-pyrrole nitrogens is 4. The van der Waals surface area contributed by atoms with Crippen LogP contribution in [0.25, 0.3) is 136 Å². The molecule has 0 amide bonds. The number of aromatic amines is 4. The van der Waals surface area contributed by atoms with Crippen LogP contribution in [0.3, 0.4) is 0 Å². The third-order valence-electron chi connectivity index (χ3n) is 12.6. The fourth-order valence-electron chi connectivity index (χ4n) is 9.17. The third-order valence-corrected chi connectivity index (χ3v) is 12.6. The molecule has 16 heteroatoms. The molecule has 0 saturated heterocycles. The lowest BCUT2D eigenvalue weighted by Crippen LogP contribution is -2.32. The van der Waals surface area contributed by atoms with Gasteiger partial charge in [0.2, 0.25) is 0 Å². The summed E-state index contributed by atoms with van der Waals surface area (Å²) in [7, 11) is 0. The number of nitrogens with one attached hydrogen (secondary N) is 6. The summed E-state index contributed by atoms with van der Waals surface area (Å²) >= 11 is 0. The van der Waals surface area contributed by atoms with Crippen molar-refractivity contribution >= 4 is 90.5 Å². The number of benzene rings is 4. The summed E-state index contributed by atoms with van der Waals surface area (Å²) in [5, 5.41) is 10.2. The molecule has 0 fully saturated rings. The summed E-state index contributed by atoms with van der Waals surface area (Å²) in [4.78, 5) is 52.8. The highest BCUT2D eigenvalue weighted by Crippen LogP contribution is 2.37. The molecule has 4 aliphatic rings. The maximum atomic E-state index is 5.27. The van der Waals surface area contributed by atoms with Gasteiger partial charge in [-0.25, -0.2) is 39.9 Å². The lowest BCUT2D eigenvalue weighted by atomic mass is 10.1. The Balaban J connectivity index is 0.000000138. The quantitative estimate of drug-likeness (QED) is 0.0697. The fraction of sp³-hybridized carbons (Fsp3) is 0.103. The second-order valence-electron chi connectivity index (χ2n) is 17.8. The monoisotopic (exact) mass is 970 g/mol. The summed E-state index contributed by atoms with van der Waals surface area (Å²) < 4.78 is 0. The van der Waals surface area contributed by atoms with Crippen molar-refractivity contribution in [3.8, 4) is 45.6 Å². The molecule has 4 aliphatic heterocycles. The number of aromatic nitrogens is 12. The molecule has 16 nitrogen and oxygen atoms in total. The van der Waals surface area contributed by atoms with Gasteiger partial charge in [0, 0.05) is 105 Å². The number of hydrogen-bond acceptors (Lipinski definition) is 12. The molecule has 14 rings (SSSR count). The van der Waals surface area contributed by atoms with Crippen LogP contribution in [0.15, 0.2) is 146 Å². The van der Waals surface area contributed by atoms with Gasteiger partial charge in [0.05, 0.1) is 22.8 Å². The molecule has 16 bridgehead atoms. The van der Waals surface area contributed by atoms with Crippen molar-refractivity contribution in [1.82, 2.24) is 70.4 Å². The minimum atomic E-state index is 0.597. The lowest BCUT2D eigenvalue weighted by molar-refractivity contribution is 0.618. The van der Waals surface area contributed by atoms with Gasteiger partial charge in [0.15, 0.2) is 23.3 Å². The standard InChI is InChI=1S/C32H18N8.C20H14N4.C6H18N4/c1-2-10-18-17(9-1)25-33-26(18)38-28-21-13-5-6-14-22(21)30(35-28)40-32-24-16-8-7-15-23(24)31(36-32)39-29-20-12-4-3-11-19(20)27(34-29)37-25;1-2-14-10-16-5-6-18(23-16)12-20-8-7-19(24-20)11-17-4-3-15(22-17)9-13(1)21-14;7-1-3-9-5-6-10-4-2-8/h1-16H,(H2,33,34,35,36,37,38,39,40);1-12,21-22H;9-10H,1-8H2. The minimum Gasteiger partial charge on any atom is -0.355 e. The average molecular weight is 971 g/mol. The zero-order chi connectivity index (χ0) is 49.8. The van der Waals surface area contributed by atoms with Gasteiger partial charge in [-0.1, -0.05) is 97.1 Å². The van der Waals surface area contributed by atoms with E-state index < -0.39 is 0 Å². The summed E-state index contributed by atoms with van der Waals surface area (Å²) in [5.41, 5.74) is 24.8. The number of fused-ring (bicyclic) bond motifs is 28. The van der Waals surface area contributed by atoms with Crippen molar-refractivity contribution < 1.29 is 0 Å². The topological polar surface area (TPSA) is 242 Å². The predicted octanol–water partition coefficient (Wildman–Crippen LogP) is 9.61. The van der Waals surface area contributed by atoms with Gasteiger partial charge < -0.3 is 42.0 Å². The SMILES string of the molecule is C1=Cc2cc3ccc(cc4ccc(cc5nc(cc1n2)C=C5)[nH]4)[nH]3.NCCNCCNCCN.c1ccc2c(c1)-c1nc-2nc2[nH]c(nc3nc(nc4[nH]c(n1)c1ccccc41)-c1ccccc1-3)c1ccccc21. The first kappa shape index (κ1) is 45.8. The maximum Gasteiger partial charge on any atom is 0.164 e. The Morgan fingerprint density at radius 1 is 0.311 bits per heavy atom. The zero-order valence-corrected chi connectivity index (χ0v) is 40.1. The van der Waals surface area contributed by atoms with E-state index in [0.717, 1.165) is 115 Å². The zero-order valence-electron chi connectivity index (χ0n) is 40.1. The highest BCUT2D eigenvalue weighted by molar-refractivity contribution is 6.06. The van der Waals surface area contributed by atoms with Crippen LogP contribution in [0.5, 0.6) is 0 Å². The van der Waals surface area contributed by atoms with Crippen LogP contribution in [-0.4, -0.2) is 99.1 Å². The Labute approximate surface area is 423 Å². The van der Waals surface area contributed by atoms with Crippen molar-refractivity contribution in [2.24, 2.45) is 11.5 Å². The maximum absolute atomic E-state index is 5.27. The highest BCUT2D eigenvalue weighted by Gasteiger charge is 2.22. The van der Waals surface area contributed by atoms with Crippen LogP contribution in [0.1, 0.15) is 22.8 Å². The molecule has 0 radical (unpaired) electrons. The normalized spacial score (nSPS) is 12.0. The first-order valence-electron chi connectivity index (χ1n) is 24.6. The van der Waals surface area contributed by atoms with Crippen molar-refractivity contribution in [1.29, 1.82) is 0 Å². The summed E-state index contributed by atoms with van der Waals surface area (Å²) in [6.45, 7) is 5.14. The van der Waals surface area contributed by atoms with E-state index in [1.807, 2.05) is 140 Å². The van der Waals surface area contributed by atoms with Gasteiger partial charge in [0.25, 0.3) is 0 Å². The van der Waals surface area contributed by atoms with Crippen molar-refractivity contribution in [2.75, 3.05) is 39.3 Å². The highest BCUT2D eigenvalue weighted by atomic mass is 15.1. The number of nitrogens with zero attached hydrogens (tertiary/aromatic N) is 8. The second-order valence-corrected chi connectivity index (χ2v) is 17.8. The smallest absolute Gasteiger partial charge is 0.164 e. The third kappa shape index (κ3) is 9.59. The minimum absolute atomic E-state index is 0.597. The molecule has 10 heterocycles. The van der Waals surface area contributed by atoms with E-state index in [4.69, 9.17) is 41.4 Å². The van der Waals surface area contributed by atoms with Crippen LogP contribution in [0.4, 0.5) is 0 Å². The Morgan fingerprint density at radius 2 is 0.622 bits per heavy atom. The van der Waals surface area contributed by atoms with E-state index in [1.165, 1.54) is 0 Å². The molecule has 6 aromatic heterocycles. The molecular formula is C58H50N16. The molecule has 74 heavy (non-hydrogen) atoms. The van der Waals surface area contributed by atoms with E-state index in [1.54, 1.807) is 0 Å². The van der Waals surface area contributed by atoms with Crippen molar-refractivity contribution in [3.05, 3.63) is 168 Å². The first-order chi connectivity index (χ1) is 36.5.